The van der Waals surface area contributed by atoms with E-state index >= 15 is 0 Å². The average molecular weight is 302 g/mol. The van der Waals surface area contributed by atoms with Crippen LogP contribution in [0.4, 0.5) is 4.39 Å². The largest absolute Gasteiger partial charge is 0.357 e. The van der Waals surface area contributed by atoms with Crippen LogP contribution < -0.4 is 0 Å². The lowest BCUT2D eigenvalue weighted by molar-refractivity contribution is 0.161. The second-order valence-corrected chi connectivity index (χ2v) is 5.58. The molecule has 2 aromatic rings. The highest BCUT2D eigenvalue weighted by atomic mass is 35.5. The normalized spacial score (nSPS) is 11.9. The maximum Gasteiger partial charge on any atom is 0.177 e. The molecule has 102 valence electrons. The second-order valence-electron chi connectivity index (χ2n) is 4.76. The Labute approximate surface area is 121 Å². The highest BCUT2D eigenvalue weighted by Gasteiger charge is 2.31. The van der Waals surface area contributed by atoms with E-state index in [-0.39, 0.29) is 5.76 Å². The van der Waals surface area contributed by atoms with Gasteiger partial charge in [0.15, 0.2) is 11.4 Å². The molecule has 0 aliphatic heterocycles. The van der Waals surface area contributed by atoms with Crippen molar-refractivity contribution in [1.29, 1.82) is 0 Å². The maximum absolute atomic E-state index is 14.1. The standard InChI is InChI=1S/C14H14Cl2FNO/c1-4-8-12(18-19-13(8)14(2,3)17)11-9(15)6-5-7-10(11)16/h5-7H,4H2,1-3H3. The molecule has 0 bridgehead atoms. The Morgan fingerprint density at radius 2 is 1.84 bits per heavy atom. The summed E-state index contributed by atoms with van der Waals surface area (Å²) in [5, 5.41) is 4.90. The number of benzene rings is 1. The molecule has 19 heavy (non-hydrogen) atoms. The van der Waals surface area contributed by atoms with Crippen molar-refractivity contribution in [3.05, 3.63) is 39.6 Å². The summed E-state index contributed by atoms with van der Waals surface area (Å²) in [6.07, 6.45) is 0.586. The zero-order valence-electron chi connectivity index (χ0n) is 10.9. The Morgan fingerprint density at radius 1 is 1.26 bits per heavy atom. The van der Waals surface area contributed by atoms with Crippen LogP contribution in [0, 0.1) is 0 Å². The van der Waals surface area contributed by atoms with Gasteiger partial charge in [0.25, 0.3) is 0 Å². The molecule has 0 N–H and O–H groups in total. The van der Waals surface area contributed by atoms with Gasteiger partial charge in [0.1, 0.15) is 5.69 Å². The first-order chi connectivity index (χ1) is 8.86. The zero-order chi connectivity index (χ0) is 14.2. The molecule has 0 fully saturated rings. The highest BCUT2D eigenvalue weighted by molar-refractivity contribution is 6.39. The maximum atomic E-state index is 14.1. The smallest absolute Gasteiger partial charge is 0.177 e. The van der Waals surface area contributed by atoms with Crippen LogP contribution in [0.2, 0.25) is 10.0 Å². The first-order valence-electron chi connectivity index (χ1n) is 5.98. The fraction of sp³-hybridized carbons (Fsp3) is 0.357. The molecule has 1 heterocycles. The van der Waals surface area contributed by atoms with E-state index in [1.165, 1.54) is 13.8 Å². The average Bonchev–Trinajstić information content (AvgIpc) is 2.72. The lowest BCUT2D eigenvalue weighted by Crippen LogP contribution is -2.10. The molecule has 0 spiro atoms. The van der Waals surface area contributed by atoms with E-state index in [0.29, 0.717) is 33.3 Å². The fourth-order valence-electron chi connectivity index (χ4n) is 2.02. The van der Waals surface area contributed by atoms with Crippen molar-refractivity contribution in [3.8, 4) is 11.3 Å². The lowest BCUT2D eigenvalue weighted by Gasteiger charge is -2.12. The Morgan fingerprint density at radius 3 is 2.32 bits per heavy atom. The number of halogens is 3. The molecule has 0 aliphatic rings. The molecule has 5 heteroatoms. The van der Waals surface area contributed by atoms with Gasteiger partial charge in [-0.3, -0.25) is 0 Å². The zero-order valence-corrected chi connectivity index (χ0v) is 12.4. The molecule has 0 amide bonds. The van der Waals surface area contributed by atoms with E-state index < -0.39 is 5.67 Å². The monoisotopic (exact) mass is 301 g/mol. The number of rotatable bonds is 3. The first kappa shape index (κ1) is 14.4. The van der Waals surface area contributed by atoms with Gasteiger partial charge < -0.3 is 4.52 Å². The molecule has 2 rings (SSSR count). The van der Waals surface area contributed by atoms with Crippen molar-refractivity contribution >= 4 is 23.2 Å². The predicted octanol–water partition coefficient (Wildman–Crippen LogP) is 5.42. The number of nitrogens with zero attached hydrogens (tertiary/aromatic N) is 1. The molecule has 0 unspecified atom stereocenters. The second kappa shape index (κ2) is 5.14. The fourth-order valence-corrected chi connectivity index (χ4v) is 2.60. The van der Waals surface area contributed by atoms with Gasteiger partial charge in [-0.15, -0.1) is 0 Å². The van der Waals surface area contributed by atoms with Crippen LogP contribution in [-0.4, -0.2) is 5.16 Å². The van der Waals surface area contributed by atoms with Crippen LogP contribution in [0.3, 0.4) is 0 Å². The Bertz CT molecular complexity index is 582. The van der Waals surface area contributed by atoms with E-state index in [1.54, 1.807) is 18.2 Å². The highest BCUT2D eigenvalue weighted by Crippen LogP contribution is 2.40. The Balaban J connectivity index is 2.68. The van der Waals surface area contributed by atoms with Crippen LogP contribution in [0.1, 0.15) is 32.1 Å². The molecule has 1 aromatic heterocycles. The van der Waals surface area contributed by atoms with Crippen molar-refractivity contribution in [2.75, 3.05) is 0 Å². The third-order valence-electron chi connectivity index (χ3n) is 2.88. The van der Waals surface area contributed by atoms with E-state index in [9.17, 15) is 4.39 Å². The summed E-state index contributed by atoms with van der Waals surface area (Å²) in [4.78, 5) is 0. The minimum absolute atomic E-state index is 0.223. The van der Waals surface area contributed by atoms with Crippen LogP contribution in [-0.2, 0) is 12.1 Å². The summed E-state index contributed by atoms with van der Waals surface area (Å²) in [5.41, 5.74) is 0.202. The molecule has 0 aliphatic carbocycles. The van der Waals surface area contributed by atoms with Crippen LogP contribution in [0.15, 0.2) is 22.7 Å². The minimum atomic E-state index is -1.59. The topological polar surface area (TPSA) is 26.0 Å². The van der Waals surface area contributed by atoms with Crippen LogP contribution in [0.5, 0.6) is 0 Å². The third-order valence-corrected chi connectivity index (χ3v) is 3.51. The van der Waals surface area contributed by atoms with Crippen molar-refractivity contribution in [2.45, 2.75) is 32.9 Å². The van der Waals surface area contributed by atoms with E-state index in [1.807, 2.05) is 6.92 Å². The number of hydrogen-bond acceptors (Lipinski definition) is 2. The number of aromatic nitrogens is 1. The first-order valence-corrected chi connectivity index (χ1v) is 6.74. The summed E-state index contributed by atoms with van der Waals surface area (Å²) < 4.78 is 19.3. The quantitative estimate of drug-likeness (QED) is 0.757. The summed E-state index contributed by atoms with van der Waals surface area (Å²) in [7, 11) is 0. The van der Waals surface area contributed by atoms with E-state index in [4.69, 9.17) is 27.7 Å². The van der Waals surface area contributed by atoms with Gasteiger partial charge >= 0.3 is 0 Å². The summed E-state index contributed by atoms with van der Waals surface area (Å²) in [6, 6.07) is 5.19. The van der Waals surface area contributed by atoms with Crippen molar-refractivity contribution in [3.63, 3.8) is 0 Å². The Kier molecular flexibility index (Phi) is 3.88. The van der Waals surface area contributed by atoms with Crippen molar-refractivity contribution in [2.24, 2.45) is 0 Å². The number of alkyl halides is 1. The minimum Gasteiger partial charge on any atom is -0.357 e. The molecule has 0 saturated carbocycles. The van der Waals surface area contributed by atoms with Gasteiger partial charge in [0.2, 0.25) is 0 Å². The van der Waals surface area contributed by atoms with Gasteiger partial charge in [-0.25, -0.2) is 4.39 Å². The summed E-state index contributed by atoms with van der Waals surface area (Å²) in [5.74, 6) is 0.223. The SMILES string of the molecule is CCc1c(-c2c(Cl)cccc2Cl)noc1C(C)(C)F. The molecule has 2 nitrogen and oxygen atoms in total. The predicted molar refractivity (Wildman–Crippen MR) is 75.5 cm³/mol. The molecular weight excluding hydrogens is 288 g/mol. The van der Waals surface area contributed by atoms with Crippen molar-refractivity contribution in [1.82, 2.24) is 5.16 Å². The molecule has 1 aromatic carbocycles. The summed E-state index contributed by atoms with van der Waals surface area (Å²) >= 11 is 12.3. The number of hydrogen-bond donors (Lipinski definition) is 0. The third kappa shape index (κ3) is 2.63. The molecular formula is C14H14Cl2FNO. The van der Waals surface area contributed by atoms with Gasteiger partial charge in [-0.1, -0.05) is 41.3 Å². The van der Waals surface area contributed by atoms with E-state index in [0.717, 1.165) is 0 Å². The lowest BCUT2D eigenvalue weighted by atomic mass is 9.97. The molecule has 0 atom stereocenters. The Hall–Kier alpha value is -1.06. The summed E-state index contributed by atoms with van der Waals surface area (Å²) in [6.45, 7) is 4.78. The van der Waals surface area contributed by atoms with Crippen LogP contribution in [0.25, 0.3) is 11.3 Å². The molecule has 0 saturated heterocycles. The van der Waals surface area contributed by atoms with Gasteiger partial charge in [0, 0.05) is 11.1 Å². The molecule has 0 radical (unpaired) electrons. The van der Waals surface area contributed by atoms with Crippen LogP contribution >= 0.6 is 23.2 Å². The van der Waals surface area contributed by atoms with Gasteiger partial charge in [-0.2, -0.15) is 0 Å². The van der Waals surface area contributed by atoms with Gasteiger partial charge in [0.05, 0.1) is 10.0 Å². The van der Waals surface area contributed by atoms with Crippen molar-refractivity contribution < 1.29 is 8.91 Å². The van der Waals surface area contributed by atoms with E-state index in [2.05, 4.69) is 5.16 Å². The van der Waals surface area contributed by atoms with Gasteiger partial charge in [-0.05, 0) is 32.4 Å².